The molecular formula is C19H15F6N7S. The average molecular weight is 487 g/mol. The Morgan fingerprint density at radius 3 is 2.58 bits per heavy atom. The molecule has 0 amide bonds. The second kappa shape index (κ2) is 8.71. The van der Waals surface area contributed by atoms with Gasteiger partial charge in [0.25, 0.3) is 5.92 Å². The van der Waals surface area contributed by atoms with Gasteiger partial charge in [0.2, 0.25) is 5.95 Å². The highest BCUT2D eigenvalue weighted by Gasteiger charge is 2.45. The van der Waals surface area contributed by atoms with E-state index in [1.165, 1.54) is 6.08 Å². The number of hydrogen-bond acceptors (Lipinski definition) is 8. The van der Waals surface area contributed by atoms with Crippen LogP contribution in [0, 0.1) is 11.3 Å². The first-order chi connectivity index (χ1) is 15.5. The predicted molar refractivity (Wildman–Crippen MR) is 106 cm³/mol. The highest BCUT2D eigenvalue weighted by atomic mass is 32.1. The fourth-order valence-electron chi connectivity index (χ4n) is 3.30. The Balaban J connectivity index is 1.59. The van der Waals surface area contributed by atoms with Crippen molar-refractivity contribution in [1.82, 2.24) is 25.3 Å². The Morgan fingerprint density at radius 1 is 1.18 bits per heavy atom. The number of aromatic nitrogens is 4. The molecule has 1 saturated carbocycles. The summed E-state index contributed by atoms with van der Waals surface area (Å²) in [7, 11) is 0. The lowest BCUT2D eigenvalue weighted by Crippen LogP contribution is -2.48. The van der Waals surface area contributed by atoms with Crippen molar-refractivity contribution in [2.24, 2.45) is 0 Å². The molecule has 174 valence electrons. The third-order valence-electron chi connectivity index (χ3n) is 4.86. The number of hydrogen-bond donors (Lipinski definition) is 2. The molecule has 0 aliphatic heterocycles. The van der Waals surface area contributed by atoms with E-state index in [0.717, 1.165) is 11.5 Å². The molecule has 2 aliphatic carbocycles. The normalized spacial score (nSPS) is 20.5. The zero-order chi connectivity index (χ0) is 23.8. The number of nitrogens with zero attached hydrogens (tertiary/aromatic N) is 5. The summed E-state index contributed by atoms with van der Waals surface area (Å²) < 4.78 is 78.8. The maximum Gasteiger partial charge on any atom is 0.434 e. The summed E-state index contributed by atoms with van der Waals surface area (Å²) in [5.74, 6) is -3.42. The van der Waals surface area contributed by atoms with Crippen molar-refractivity contribution in [3.8, 4) is 16.9 Å². The topological polar surface area (TPSA) is 99.4 Å². The van der Waals surface area contributed by atoms with E-state index < -0.39 is 35.7 Å². The molecule has 2 heterocycles. The molecule has 0 radical (unpaired) electrons. The van der Waals surface area contributed by atoms with Crippen molar-refractivity contribution in [3.63, 3.8) is 0 Å². The van der Waals surface area contributed by atoms with Crippen LogP contribution in [0.3, 0.4) is 0 Å². The molecule has 14 heteroatoms. The van der Waals surface area contributed by atoms with Crippen molar-refractivity contribution < 1.29 is 26.3 Å². The minimum absolute atomic E-state index is 0.0410. The minimum Gasteiger partial charge on any atom is -0.347 e. The Bertz CT molecular complexity index is 1140. The summed E-state index contributed by atoms with van der Waals surface area (Å²) in [5.41, 5.74) is -1.01. The summed E-state index contributed by atoms with van der Waals surface area (Å²) in [6, 6.07) is 0.694. The summed E-state index contributed by atoms with van der Waals surface area (Å²) in [4.78, 5) is 15.9. The predicted octanol–water partition coefficient (Wildman–Crippen LogP) is 4.39. The Morgan fingerprint density at radius 2 is 1.94 bits per heavy atom. The van der Waals surface area contributed by atoms with Gasteiger partial charge in [0.1, 0.15) is 11.7 Å². The summed E-state index contributed by atoms with van der Waals surface area (Å²) in [6.45, 7) is -0.0410. The van der Waals surface area contributed by atoms with Gasteiger partial charge in [0.05, 0.1) is 24.2 Å². The molecule has 1 atom stereocenters. The van der Waals surface area contributed by atoms with Gasteiger partial charge in [-0.25, -0.2) is 23.1 Å². The van der Waals surface area contributed by atoms with E-state index in [1.54, 1.807) is 0 Å². The quantitative estimate of drug-likeness (QED) is 0.583. The molecule has 33 heavy (non-hydrogen) atoms. The largest absolute Gasteiger partial charge is 0.434 e. The van der Waals surface area contributed by atoms with E-state index in [-0.39, 0.29) is 54.0 Å². The van der Waals surface area contributed by atoms with Gasteiger partial charge in [-0.15, -0.1) is 11.3 Å². The molecule has 2 N–H and O–H groups in total. The number of alkyl halides is 5. The van der Waals surface area contributed by atoms with Crippen LogP contribution >= 0.6 is 11.3 Å². The van der Waals surface area contributed by atoms with Crippen LogP contribution in [0.15, 0.2) is 28.9 Å². The number of thiazole rings is 1. The molecule has 1 fully saturated rings. The standard InChI is InChI=1S/C19H15F6N7S/c20-10-1-9(6-26)2-11(3-10)28-17-31-14(7-27-12-4-18(21,22)5-12)30-15(32-17)16-29-13(8-33-16)19(23,24)25/h1-2,8,11-12,27H,3-5,7H2,(H,28,30,31,32). The molecule has 0 bridgehead atoms. The fourth-order valence-corrected chi connectivity index (χ4v) is 4.05. The van der Waals surface area contributed by atoms with Crippen LogP contribution in [0.4, 0.5) is 32.3 Å². The van der Waals surface area contributed by atoms with Crippen LogP contribution < -0.4 is 10.6 Å². The number of anilines is 1. The SMILES string of the molecule is N#CC1=CC(Nc2nc(CNC3CC(F)(F)C3)nc(-c3nc(C(F)(F)F)cs3)n2)CC(F)=C1. The van der Waals surface area contributed by atoms with Crippen molar-refractivity contribution >= 4 is 17.3 Å². The van der Waals surface area contributed by atoms with Crippen LogP contribution in [-0.4, -0.2) is 37.9 Å². The molecule has 4 rings (SSSR count). The first kappa shape index (κ1) is 23.1. The number of nitriles is 1. The van der Waals surface area contributed by atoms with Crippen molar-refractivity contribution in [1.29, 1.82) is 5.26 Å². The van der Waals surface area contributed by atoms with E-state index in [4.69, 9.17) is 5.26 Å². The highest BCUT2D eigenvalue weighted by Crippen LogP contribution is 2.37. The molecule has 2 aliphatic rings. The maximum atomic E-state index is 13.8. The number of nitrogens with one attached hydrogen (secondary N) is 2. The van der Waals surface area contributed by atoms with Gasteiger partial charge in [-0.1, -0.05) is 0 Å². The monoisotopic (exact) mass is 487 g/mol. The highest BCUT2D eigenvalue weighted by molar-refractivity contribution is 7.13. The van der Waals surface area contributed by atoms with Crippen LogP contribution in [0.5, 0.6) is 0 Å². The third-order valence-corrected chi connectivity index (χ3v) is 5.70. The summed E-state index contributed by atoms with van der Waals surface area (Å²) in [5, 5.41) is 15.4. The van der Waals surface area contributed by atoms with Gasteiger partial charge in [-0.3, -0.25) is 0 Å². The van der Waals surface area contributed by atoms with Crippen molar-refractivity contribution in [3.05, 3.63) is 40.5 Å². The number of halogens is 6. The third kappa shape index (κ3) is 5.66. The lowest BCUT2D eigenvalue weighted by Gasteiger charge is -2.35. The first-order valence-corrected chi connectivity index (χ1v) is 10.5. The average Bonchev–Trinajstić information content (AvgIpc) is 3.21. The maximum absolute atomic E-state index is 13.8. The molecule has 7 nitrogen and oxygen atoms in total. The number of rotatable bonds is 6. The zero-order valence-electron chi connectivity index (χ0n) is 16.6. The number of allylic oxidation sites excluding steroid dienone is 2. The second-order valence-electron chi connectivity index (χ2n) is 7.56. The van der Waals surface area contributed by atoms with Gasteiger partial charge in [0.15, 0.2) is 16.5 Å². The Labute approximate surface area is 187 Å². The van der Waals surface area contributed by atoms with Crippen LogP contribution in [0.1, 0.15) is 30.8 Å². The zero-order valence-corrected chi connectivity index (χ0v) is 17.4. The molecule has 2 aromatic heterocycles. The fraction of sp³-hybridized carbons (Fsp3) is 0.421. The van der Waals surface area contributed by atoms with E-state index in [1.807, 2.05) is 6.07 Å². The van der Waals surface area contributed by atoms with Crippen molar-refractivity contribution in [2.75, 3.05) is 5.32 Å². The lowest BCUT2D eigenvalue weighted by molar-refractivity contribution is -0.140. The first-order valence-electron chi connectivity index (χ1n) is 9.64. The van der Waals surface area contributed by atoms with Gasteiger partial charge in [-0.05, 0) is 12.2 Å². The van der Waals surface area contributed by atoms with Gasteiger partial charge >= 0.3 is 6.18 Å². The summed E-state index contributed by atoms with van der Waals surface area (Å²) in [6.07, 6.45) is -2.86. The minimum atomic E-state index is -4.65. The van der Waals surface area contributed by atoms with E-state index >= 15 is 0 Å². The van der Waals surface area contributed by atoms with Crippen LogP contribution in [0.25, 0.3) is 10.8 Å². The molecule has 2 aromatic rings. The smallest absolute Gasteiger partial charge is 0.347 e. The molecule has 0 spiro atoms. The molecule has 1 unspecified atom stereocenters. The molecule has 0 aromatic carbocycles. The van der Waals surface area contributed by atoms with Gasteiger partial charge in [0, 0.05) is 30.7 Å². The van der Waals surface area contributed by atoms with Crippen LogP contribution in [0.2, 0.25) is 0 Å². The van der Waals surface area contributed by atoms with Crippen molar-refractivity contribution in [2.45, 2.75) is 50.0 Å². The Kier molecular flexibility index (Phi) is 6.10. The Hall–Kier alpha value is -3.05. The van der Waals surface area contributed by atoms with Gasteiger partial charge in [-0.2, -0.15) is 28.4 Å². The molecular weight excluding hydrogens is 472 g/mol. The van der Waals surface area contributed by atoms with Crippen LogP contribution in [-0.2, 0) is 12.7 Å². The lowest BCUT2D eigenvalue weighted by atomic mass is 9.88. The van der Waals surface area contributed by atoms with E-state index in [0.29, 0.717) is 11.3 Å². The second-order valence-corrected chi connectivity index (χ2v) is 8.41. The van der Waals surface area contributed by atoms with E-state index in [9.17, 15) is 26.3 Å². The molecule has 0 saturated heterocycles. The van der Waals surface area contributed by atoms with E-state index in [2.05, 4.69) is 30.6 Å². The summed E-state index contributed by atoms with van der Waals surface area (Å²) >= 11 is 0.682. The van der Waals surface area contributed by atoms with Gasteiger partial charge < -0.3 is 10.6 Å².